The number of methoxy groups -OCH3 is 1. The van der Waals surface area contributed by atoms with Crippen molar-refractivity contribution in [2.24, 2.45) is 0 Å². The number of carbonyl (C=O) groups is 1. The molecule has 0 saturated heterocycles. The van der Waals surface area contributed by atoms with E-state index in [1.165, 1.54) is 10.9 Å². The van der Waals surface area contributed by atoms with Crippen molar-refractivity contribution < 1.29 is 9.53 Å². The van der Waals surface area contributed by atoms with Crippen molar-refractivity contribution in [3.63, 3.8) is 0 Å². The first-order chi connectivity index (χ1) is 11.2. The molecule has 0 aliphatic carbocycles. The summed E-state index contributed by atoms with van der Waals surface area (Å²) in [6.45, 7) is 0.548. The maximum atomic E-state index is 12.2. The summed E-state index contributed by atoms with van der Waals surface area (Å²) in [4.78, 5) is 15.5. The van der Waals surface area contributed by atoms with E-state index in [2.05, 4.69) is 16.4 Å². The van der Waals surface area contributed by atoms with Gasteiger partial charge in [-0.1, -0.05) is 18.2 Å². The number of ether oxygens (including phenoxy) is 1. The average Bonchev–Trinajstić information content (AvgIpc) is 2.98. The number of anilines is 1. The molecule has 0 spiro atoms. The number of para-hydroxylation sites is 1. The molecule has 23 heavy (non-hydrogen) atoms. The Morgan fingerprint density at radius 1 is 1.26 bits per heavy atom. The number of rotatable bonds is 5. The van der Waals surface area contributed by atoms with Crippen LogP contribution < -0.4 is 15.8 Å². The molecule has 5 nitrogen and oxygen atoms in total. The van der Waals surface area contributed by atoms with Crippen molar-refractivity contribution >= 4 is 22.5 Å². The summed E-state index contributed by atoms with van der Waals surface area (Å²) in [6.07, 6.45) is 2.74. The van der Waals surface area contributed by atoms with E-state index in [4.69, 9.17) is 10.5 Å². The van der Waals surface area contributed by atoms with Crippen LogP contribution in [-0.2, 0) is 6.42 Å². The normalized spacial score (nSPS) is 10.7. The average molecular weight is 309 g/mol. The molecule has 0 fully saturated rings. The molecule has 3 rings (SSSR count). The summed E-state index contributed by atoms with van der Waals surface area (Å²) in [5.74, 6) is 0.461. The van der Waals surface area contributed by atoms with Crippen LogP contribution in [0.25, 0.3) is 10.9 Å². The number of benzene rings is 2. The van der Waals surface area contributed by atoms with Gasteiger partial charge in [0.05, 0.1) is 12.7 Å². The van der Waals surface area contributed by atoms with Crippen molar-refractivity contribution in [2.75, 3.05) is 19.4 Å². The van der Waals surface area contributed by atoms with Gasteiger partial charge in [0.25, 0.3) is 5.91 Å². The molecular weight excluding hydrogens is 290 g/mol. The topological polar surface area (TPSA) is 80.1 Å². The Kier molecular flexibility index (Phi) is 4.19. The molecule has 0 radical (unpaired) electrons. The largest absolute Gasteiger partial charge is 0.497 e. The van der Waals surface area contributed by atoms with Crippen molar-refractivity contribution in [1.82, 2.24) is 10.3 Å². The van der Waals surface area contributed by atoms with Gasteiger partial charge in [0, 0.05) is 35.4 Å². The molecule has 5 heteroatoms. The Bertz CT molecular complexity index is 839. The highest BCUT2D eigenvalue weighted by Crippen LogP contribution is 2.20. The molecule has 0 saturated carbocycles. The number of aromatic amines is 1. The van der Waals surface area contributed by atoms with E-state index in [0.717, 1.165) is 11.9 Å². The molecule has 118 valence electrons. The van der Waals surface area contributed by atoms with Gasteiger partial charge in [-0.15, -0.1) is 0 Å². The minimum atomic E-state index is -0.176. The Morgan fingerprint density at radius 2 is 2.09 bits per heavy atom. The zero-order valence-electron chi connectivity index (χ0n) is 12.9. The Morgan fingerprint density at radius 3 is 2.87 bits per heavy atom. The van der Waals surface area contributed by atoms with Crippen LogP contribution in [0.3, 0.4) is 0 Å². The number of hydrogen-bond donors (Lipinski definition) is 3. The molecular formula is C18H19N3O2. The van der Waals surface area contributed by atoms with E-state index in [-0.39, 0.29) is 5.91 Å². The summed E-state index contributed by atoms with van der Waals surface area (Å²) in [5, 5.41) is 4.09. The van der Waals surface area contributed by atoms with E-state index in [9.17, 15) is 4.79 Å². The van der Waals surface area contributed by atoms with Gasteiger partial charge in [0.15, 0.2) is 0 Å². The van der Waals surface area contributed by atoms with Gasteiger partial charge in [-0.2, -0.15) is 0 Å². The number of aromatic nitrogens is 1. The first-order valence-electron chi connectivity index (χ1n) is 7.46. The number of hydrogen-bond acceptors (Lipinski definition) is 3. The van der Waals surface area contributed by atoms with Gasteiger partial charge >= 0.3 is 0 Å². The van der Waals surface area contributed by atoms with Crippen LogP contribution in [0.4, 0.5) is 5.69 Å². The minimum absolute atomic E-state index is 0.176. The molecule has 4 N–H and O–H groups in total. The van der Waals surface area contributed by atoms with Crippen LogP contribution >= 0.6 is 0 Å². The second-order valence-corrected chi connectivity index (χ2v) is 5.32. The van der Waals surface area contributed by atoms with Gasteiger partial charge < -0.3 is 20.8 Å². The molecule has 1 aromatic heterocycles. The molecule has 0 aliphatic rings. The standard InChI is InChI=1S/C18H19N3O2/c1-23-13-6-7-15(16(19)10-13)18(22)20-9-8-12-11-21-17-5-3-2-4-14(12)17/h2-7,10-11,21H,8-9,19H2,1H3,(H,20,22). The Balaban J connectivity index is 1.63. The third-order valence-corrected chi connectivity index (χ3v) is 3.86. The van der Waals surface area contributed by atoms with Crippen molar-refractivity contribution in [3.05, 3.63) is 59.8 Å². The number of H-pyrrole nitrogens is 1. The van der Waals surface area contributed by atoms with Crippen molar-refractivity contribution in [1.29, 1.82) is 0 Å². The molecule has 0 unspecified atom stereocenters. The van der Waals surface area contributed by atoms with Gasteiger partial charge in [-0.05, 0) is 30.2 Å². The highest BCUT2D eigenvalue weighted by atomic mass is 16.5. The maximum absolute atomic E-state index is 12.2. The number of carbonyl (C=O) groups excluding carboxylic acids is 1. The third kappa shape index (κ3) is 3.13. The van der Waals surface area contributed by atoms with Crippen LogP contribution in [0.15, 0.2) is 48.7 Å². The summed E-state index contributed by atoms with van der Waals surface area (Å²) in [6, 6.07) is 13.2. The predicted octanol–water partition coefficient (Wildman–Crippen LogP) is 2.73. The monoisotopic (exact) mass is 309 g/mol. The molecule has 2 aromatic carbocycles. The first-order valence-corrected chi connectivity index (χ1v) is 7.46. The fourth-order valence-corrected chi connectivity index (χ4v) is 2.62. The minimum Gasteiger partial charge on any atom is -0.497 e. The van der Waals surface area contributed by atoms with Crippen LogP contribution in [-0.4, -0.2) is 24.5 Å². The molecule has 0 atom stereocenters. The van der Waals surface area contributed by atoms with Crippen LogP contribution in [0.2, 0.25) is 0 Å². The van der Waals surface area contributed by atoms with E-state index < -0.39 is 0 Å². The SMILES string of the molecule is COc1ccc(C(=O)NCCc2c[nH]c3ccccc23)c(N)c1. The van der Waals surface area contributed by atoms with Crippen LogP contribution in [0.5, 0.6) is 5.75 Å². The number of amides is 1. The second-order valence-electron chi connectivity index (χ2n) is 5.32. The molecule has 3 aromatic rings. The lowest BCUT2D eigenvalue weighted by molar-refractivity contribution is 0.0955. The Labute approximate surface area is 134 Å². The lowest BCUT2D eigenvalue weighted by atomic mass is 10.1. The van der Waals surface area contributed by atoms with Crippen molar-refractivity contribution in [3.8, 4) is 5.75 Å². The van der Waals surface area contributed by atoms with E-state index >= 15 is 0 Å². The smallest absolute Gasteiger partial charge is 0.253 e. The number of nitrogen functional groups attached to an aromatic ring is 1. The predicted molar refractivity (Wildman–Crippen MR) is 91.7 cm³/mol. The highest BCUT2D eigenvalue weighted by Gasteiger charge is 2.10. The summed E-state index contributed by atoms with van der Waals surface area (Å²) in [5.41, 5.74) is 9.06. The van der Waals surface area contributed by atoms with Crippen molar-refractivity contribution in [2.45, 2.75) is 6.42 Å². The van der Waals surface area contributed by atoms with Crippen LogP contribution in [0.1, 0.15) is 15.9 Å². The van der Waals surface area contributed by atoms with Crippen LogP contribution in [0, 0.1) is 0 Å². The fraction of sp³-hybridized carbons (Fsp3) is 0.167. The zero-order chi connectivity index (χ0) is 16.2. The fourth-order valence-electron chi connectivity index (χ4n) is 2.62. The summed E-state index contributed by atoms with van der Waals surface area (Å²) in [7, 11) is 1.57. The van der Waals surface area contributed by atoms with Gasteiger partial charge in [0.1, 0.15) is 5.75 Å². The van der Waals surface area contributed by atoms with Gasteiger partial charge in [-0.3, -0.25) is 4.79 Å². The molecule has 0 aliphatic heterocycles. The Hall–Kier alpha value is -2.95. The molecule has 1 amide bonds. The van der Waals surface area contributed by atoms with E-state index in [0.29, 0.717) is 23.5 Å². The third-order valence-electron chi connectivity index (χ3n) is 3.86. The zero-order valence-corrected chi connectivity index (χ0v) is 12.9. The first kappa shape index (κ1) is 15.0. The molecule has 0 bridgehead atoms. The van der Waals surface area contributed by atoms with Gasteiger partial charge in [-0.25, -0.2) is 0 Å². The summed E-state index contributed by atoms with van der Waals surface area (Å²) >= 11 is 0. The second kappa shape index (κ2) is 6.44. The maximum Gasteiger partial charge on any atom is 0.253 e. The molecule has 1 heterocycles. The quantitative estimate of drug-likeness (QED) is 0.634. The van der Waals surface area contributed by atoms with E-state index in [1.807, 2.05) is 24.4 Å². The number of nitrogens with one attached hydrogen (secondary N) is 2. The number of nitrogens with two attached hydrogens (primary N) is 1. The highest BCUT2D eigenvalue weighted by molar-refractivity contribution is 5.99. The van der Waals surface area contributed by atoms with Gasteiger partial charge in [0.2, 0.25) is 0 Å². The lowest BCUT2D eigenvalue weighted by Crippen LogP contribution is -2.26. The lowest BCUT2D eigenvalue weighted by Gasteiger charge is -2.09. The van der Waals surface area contributed by atoms with E-state index in [1.54, 1.807) is 25.3 Å². The summed E-state index contributed by atoms with van der Waals surface area (Å²) < 4.78 is 5.09. The number of fused-ring (bicyclic) bond motifs is 1.